The van der Waals surface area contributed by atoms with E-state index in [0.717, 1.165) is 23.3 Å². The first-order valence-electron chi connectivity index (χ1n) is 7.33. The molecule has 0 saturated heterocycles. The highest BCUT2D eigenvalue weighted by molar-refractivity contribution is 5.86. The monoisotopic (exact) mass is 318 g/mol. The maximum Gasteiger partial charge on any atom is 0.166 e. The smallest absolute Gasteiger partial charge is 0.166 e. The molecule has 2 rings (SSSR count). The summed E-state index contributed by atoms with van der Waals surface area (Å²) < 4.78 is 5.14. The van der Waals surface area contributed by atoms with Gasteiger partial charge in [0, 0.05) is 12.7 Å². The number of carbonyl (C=O) groups is 1. The van der Waals surface area contributed by atoms with Gasteiger partial charge in [0.05, 0.1) is 24.4 Å². The topological polar surface area (TPSA) is 53.3 Å². The van der Waals surface area contributed by atoms with Crippen molar-refractivity contribution in [3.63, 3.8) is 0 Å². The van der Waals surface area contributed by atoms with Crippen molar-refractivity contribution in [2.75, 3.05) is 19.1 Å². The van der Waals surface area contributed by atoms with Crippen LogP contribution in [0.1, 0.15) is 11.1 Å². The molecule has 0 spiro atoms. The Morgan fingerprint density at radius 3 is 2.29 bits per heavy atom. The van der Waals surface area contributed by atoms with Crippen LogP contribution >= 0.6 is 0 Å². The van der Waals surface area contributed by atoms with Gasteiger partial charge in [-0.2, -0.15) is 5.26 Å². The van der Waals surface area contributed by atoms with E-state index in [1.165, 1.54) is 0 Å². The number of allylic oxidation sites excluding steroid dienone is 3. The van der Waals surface area contributed by atoms with Crippen molar-refractivity contribution in [1.82, 2.24) is 0 Å². The van der Waals surface area contributed by atoms with Crippen LogP contribution in [-0.2, 0) is 4.79 Å². The van der Waals surface area contributed by atoms with Gasteiger partial charge in [-0.3, -0.25) is 4.79 Å². The van der Waals surface area contributed by atoms with Crippen LogP contribution in [0, 0.1) is 11.3 Å². The SMILES string of the molecule is C=C(/C=C(/C=O)N(C)c1ccc(OC)cc1)c1ccc(C#N)cc1. The van der Waals surface area contributed by atoms with E-state index in [-0.39, 0.29) is 0 Å². The molecule has 0 aliphatic heterocycles. The minimum absolute atomic E-state index is 0.481. The fourth-order valence-corrected chi connectivity index (χ4v) is 2.19. The predicted molar refractivity (Wildman–Crippen MR) is 95.7 cm³/mol. The highest BCUT2D eigenvalue weighted by Gasteiger charge is 2.08. The number of nitriles is 1. The minimum Gasteiger partial charge on any atom is -0.497 e. The molecule has 2 aromatic rings. The Kier molecular flexibility index (Phi) is 5.54. The van der Waals surface area contributed by atoms with E-state index < -0.39 is 0 Å². The molecule has 0 unspecified atom stereocenters. The van der Waals surface area contributed by atoms with E-state index >= 15 is 0 Å². The van der Waals surface area contributed by atoms with Gasteiger partial charge in [-0.1, -0.05) is 18.7 Å². The first-order valence-corrected chi connectivity index (χ1v) is 7.33. The number of aldehydes is 1. The lowest BCUT2D eigenvalue weighted by Gasteiger charge is -2.19. The number of benzene rings is 2. The number of carbonyl (C=O) groups excluding carboxylic acids is 1. The first-order chi connectivity index (χ1) is 11.6. The molecule has 0 amide bonds. The summed E-state index contributed by atoms with van der Waals surface area (Å²) in [5.41, 5.74) is 3.48. The lowest BCUT2D eigenvalue weighted by Crippen LogP contribution is -2.17. The van der Waals surface area contributed by atoms with Gasteiger partial charge in [0.2, 0.25) is 0 Å². The lowest BCUT2D eigenvalue weighted by atomic mass is 10.0. The summed E-state index contributed by atoms with van der Waals surface area (Å²) in [6.07, 6.45) is 2.51. The molecule has 4 nitrogen and oxygen atoms in total. The standard InChI is InChI=1S/C20H18N2O2/c1-15(17-6-4-16(13-21)5-7-17)12-19(14-23)22(2)18-8-10-20(24-3)11-9-18/h4-12,14H,1H2,2-3H3/b19-12-. The Morgan fingerprint density at radius 1 is 1.17 bits per heavy atom. The van der Waals surface area contributed by atoms with E-state index in [9.17, 15) is 4.79 Å². The summed E-state index contributed by atoms with van der Waals surface area (Å²) in [5.74, 6) is 0.755. The van der Waals surface area contributed by atoms with Crippen LogP contribution in [0.2, 0.25) is 0 Å². The van der Waals surface area contributed by atoms with Crippen LogP contribution in [0.3, 0.4) is 0 Å². The maximum absolute atomic E-state index is 11.5. The van der Waals surface area contributed by atoms with E-state index in [0.29, 0.717) is 16.8 Å². The molecular formula is C20H18N2O2. The van der Waals surface area contributed by atoms with E-state index in [1.54, 1.807) is 30.2 Å². The average Bonchev–Trinajstić information content (AvgIpc) is 2.65. The maximum atomic E-state index is 11.5. The van der Waals surface area contributed by atoms with Gasteiger partial charge in [-0.15, -0.1) is 0 Å². The number of anilines is 1. The van der Waals surface area contributed by atoms with E-state index in [2.05, 4.69) is 12.6 Å². The second kappa shape index (κ2) is 7.80. The second-order valence-electron chi connectivity index (χ2n) is 5.16. The highest BCUT2D eigenvalue weighted by atomic mass is 16.5. The molecule has 0 bridgehead atoms. The summed E-state index contributed by atoms with van der Waals surface area (Å²) in [4.78, 5) is 13.3. The third kappa shape index (κ3) is 3.90. The van der Waals surface area contributed by atoms with Crippen LogP contribution in [-0.4, -0.2) is 20.4 Å². The zero-order valence-corrected chi connectivity index (χ0v) is 13.7. The molecule has 0 aromatic heterocycles. The zero-order chi connectivity index (χ0) is 17.5. The molecule has 0 radical (unpaired) electrons. The van der Waals surface area contributed by atoms with Crippen LogP contribution in [0.25, 0.3) is 5.57 Å². The molecule has 0 fully saturated rings. The van der Waals surface area contributed by atoms with Crippen molar-refractivity contribution in [3.05, 3.63) is 78.0 Å². The van der Waals surface area contributed by atoms with Gasteiger partial charge in [0.1, 0.15) is 5.75 Å². The normalized spacial score (nSPS) is 10.6. The summed E-state index contributed by atoms with van der Waals surface area (Å²) >= 11 is 0. The van der Waals surface area contributed by atoms with Crippen LogP contribution in [0.15, 0.2) is 66.9 Å². The van der Waals surface area contributed by atoms with Crippen molar-refractivity contribution < 1.29 is 9.53 Å². The number of hydrogen-bond acceptors (Lipinski definition) is 4. The van der Waals surface area contributed by atoms with Gasteiger partial charge in [-0.05, 0) is 53.6 Å². The molecule has 0 aliphatic rings. The Hall–Kier alpha value is -3.32. The van der Waals surface area contributed by atoms with Crippen molar-refractivity contribution in [2.45, 2.75) is 0 Å². The van der Waals surface area contributed by atoms with Crippen molar-refractivity contribution in [2.24, 2.45) is 0 Å². The van der Waals surface area contributed by atoms with Crippen LogP contribution < -0.4 is 9.64 Å². The molecule has 0 aliphatic carbocycles. The molecule has 120 valence electrons. The van der Waals surface area contributed by atoms with Gasteiger partial charge < -0.3 is 9.64 Å². The Balaban J connectivity index is 2.24. The van der Waals surface area contributed by atoms with Gasteiger partial charge in [0.15, 0.2) is 6.29 Å². The van der Waals surface area contributed by atoms with Crippen LogP contribution in [0.4, 0.5) is 5.69 Å². The summed E-state index contributed by atoms with van der Waals surface area (Å²) in [6.45, 7) is 4.01. The summed E-state index contributed by atoms with van der Waals surface area (Å²) in [6, 6.07) is 16.6. The quantitative estimate of drug-likeness (QED) is 0.462. The number of nitrogens with zero attached hydrogens (tertiary/aromatic N) is 2. The third-order valence-electron chi connectivity index (χ3n) is 3.67. The van der Waals surface area contributed by atoms with Crippen molar-refractivity contribution in [1.29, 1.82) is 5.26 Å². The number of hydrogen-bond donors (Lipinski definition) is 0. The summed E-state index contributed by atoms with van der Waals surface area (Å²) in [5, 5.41) is 8.84. The van der Waals surface area contributed by atoms with Gasteiger partial charge >= 0.3 is 0 Å². The largest absolute Gasteiger partial charge is 0.497 e. The molecule has 2 aromatic carbocycles. The van der Waals surface area contributed by atoms with E-state index in [1.807, 2.05) is 43.4 Å². The molecule has 0 saturated carbocycles. The average molecular weight is 318 g/mol. The molecular weight excluding hydrogens is 300 g/mol. The third-order valence-corrected chi connectivity index (χ3v) is 3.67. The highest BCUT2D eigenvalue weighted by Crippen LogP contribution is 2.23. The molecule has 0 atom stereocenters. The minimum atomic E-state index is 0.481. The predicted octanol–water partition coefficient (Wildman–Crippen LogP) is 3.80. The number of rotatable bonds is 6. The number of methoxy groups -OCH3 is 1. The zero-order valence-electron chi connectivity index (χ0n) is 13.7. The van der Waals surface area contributed by atoms with Crippen LogP contribution in [0.5, 0.6) is 5.75 Å². The fourth-order valence-electron chi connectivity index (χ4n) is 2.19. The molecule has 0 N–H and O–H groups in total. The first kappa shape index (κ1) is 17.0. The fraction of sp³-hybridized carbons (Fsp3) is 0.100. The van der Waals surface area contributed by atoms with Crippen molar-refractivity contribution in [3.8, 4) is 11.8 Å². The van der Waals surface area contributed by atoms with Gasteiger partial charge in [-0.25, -0.2) is 0 Å². The van der Waals surface area contributed by atoms with E-state index in [4.69, 9.17) is 10.00 Å². The number of likely N-dealkylation sites (N-methyl/N-ethyl adjacent to an activating group) is 1. The second-order valence-corrected chi connectivity index (χ2v) is 5.16. The van der Waals surface area contributed by atoms with Crippen molar-refractivity contribution >= 4 is 17.5 Å². The number of ether oxygens (including phenoxy) is 1. The lowest BCUT2D eigenvalue weighted by molar-refractivity contribution is -0.104. The molecule has 24 heavy (non-hydrogen) atoms. The Labute approximate surface area is 141 Å². The Bertz CT molecular complexity index is 797. The Morgan fingerprint density at radius 2 is 1.79 bits per heavy atom. The summed E-state index contributed by atoms with van der Waals surface area (Å²) in [7, 11) is 3.42. The van der Waals surface area contributed by atoms with Gasteiger partial charge in [0.25, 0.3) is 0 Å². The molecule has 4 heteroatoms. The molecule has 0 heterocycles.